The largest absolute Gasteiger partial charge is 0.449 e. The number of aromatic nitrogens is 1. The van der Waals surface area contributed by atoms with Crippen molar-refractivity contribution in [2.45, 2.75) is 38.5 Å². The predicted octanol–water partition coefficient (Wildman–Crippen LogP) is 12.6. The molecule has 3 nitrogen and oxygen atoms in total. The topological polar surface area (TPSA) is 31.4 Å². The van der Waals surface area contributed by atoms with Crippen LogP contribution in [-0.2, 0) is 10.8 Å². The van der Waals surface area contributed by atoms with Gasteiger partial charge < -0.3 is 9.47 Å². The number of ether oxygens (including phenoxy) is 2. The highest BCUT2D eigenvalue weighted by atomic mass is 16.6. The Bertz CT molecular complexity index is 2540. The molecular weight excluding hydrogens is 611 g/mol. The Kier molecular flexibility index (Phi) is 5.97. The quantitative estimate of drug-likeness (QED) is 0.192. The minimum atomic E-state index is -0.138. The maximum Gasteiger partial charge on any atom is 0.178 e. The van der Waals surface area contributed by atoms with Crippen LogP contribution >= 0.6 is 0 Å². The lowest BCUT2D eigenvalue weighted by molar-refractivity contribution is 0.361. The Morgan fingerprint density at radius 3 is 1.82 bits per heavy atom. The first-order chi connectivity index (χ1) is 24.3. The van der Waals surface area contributed by atoms with Crippen LogP contribution in [0.4, 0.5) is 0 Å². The van der Waals surface area contributed by atoms with Gasteiger partial charge in [-0.1, -0.05) is 137 Å². The van der Waals surface area contributed by atoms with Gasteiger partial charge in [0.1, 0.15) is 0 Å². The average Bonchev–Trinajstić information content (AvgIpc) is 3.53. The number of para-hydroxylation sites is 1. The molecule has 50 heavy (non-hydrogen) atoms. The second-order valence-corrected chi connectivity index (χ2v) is 14.7. The van der Waals surface area contributed by atoms with Gasteiger partial charge in [0, 0.05) is 33.1 Å². The normalized spacial score (nSPS) is 15.0. The monoisotopic (exact) mass is 645 g/mol. The first kappa shape index (κ1) is 29.0. The van der Waals surface area contributed by atoms with Gasteiger partial charge in [0.2, 0.25) is 0 Å². The number of rotatable bonds is 3. The summed E-state index contributed by atoms with van der Waals surface area (Å²) in [4.78, 5) is 5.29. The van der Waals surface area contributed by atoms with E-state index in [0.29, 0.717) is 5.75 Å². The van der Waals surface area contributed by atoms with E-state index >= 15 is 0 Å². The van der Waals surface area contributed by atoms with Crippen LogP contribution in [0.5, 0.6) is 23.0 Å². The molecule has 3 heteroatoms. The highest BCUT2D eigenvalue weighted by Crippen LogP contribution is 2.59. The summed E-state index contributed by atoms with van der Waals surface area (Å²) in [6, 6.07) is 49.5. The maximum absolute atomic E-state index is 7.03. The molecule has 1 aliphatic heterocycles. The van der Waals surface area contributed by atoms with Crippen LogP contribution in [-0.4, -0.2) is 4.98 Å². The SMILES string of the molecule is CC1(C)c2ccccc2-c2ccc(-c3cc(-c4cccc5c4Oc4c(ccc6c4-c4ccccc4C6(C)C)O5)cc(-c4ccccc4)n3)cc21. The molecule has 0 N–H and O–H groups in total. The van der Waals surface area contributed by atoms with Crippen LogP contribution in [0.3, 0.4) is 0 Å². The third-order valence-electron chi connectivity index (χ3n) is 11.2. The van der Waals surface area contributed by atoms with Gasteiger partial charge in [-0.25, -0.2) is 4.98 Å². The second kappa shape index (κ2) is 10.3. The van der Waals surface area contributed by atoms with E-state index in [4.69, 9.17) is 14.5 Å². The van der Waals surface area contributed by atoms with Gasteiger partial charge in [-0.3, -0.25) is 0 Å². The molecule has 0 spiro atoms. The number of fused-ring (bicyclic) bond motifs is 9. The number of benzene rings is 6. The molecule has 2 aliphatic carbocycles. The van der Waals surface area contributed by atoms with E-state index < -0.39 is 0 Å². The van der Waals surface area contributed by atoms with Gasteiger partial charge in [0.25, 0.3) is 0 Å². The molecule has 7 aromatic rings. The molecule has 0 saturated heterocycles. The number of hydrogen-bond acceptors (Lipinski definition) is 3. The van der Waals surface area contributed by atoms with E-state index in [-0.39, 0.29) is 10.8 Å². The first-order valence-electron chi connectivity index (χ1n) is 17.4. The van der Waals surface area contributed by atoms with Crippen molar-refractivity contribution in [1.82, 2.24) is 4.98 Å². The smallest absolute Gasteiger partial charge is 0.178 e. The summed E-state index contributed by atoms with van der Waals surface area (Å²) in [7, 11) is 0. The van der Waals surface area contributed by atoms with Crippen LogP contribution in [0.1, 0.15) is 49.9 Å². The first-order valence-corrected chi connectivity index (χ1v) is 17.4. The molecule has 0 saturated carbocycles. The molecule has 240 valence electrons. The summed E-state index contributed by atoms with van der Waals surface area (Å²) in [6.07, 6.45) is 0. The van der Waals surface area contributed by atoms with Crippen LogP contribution < -0.4 is 9.47 Å². The summed E-state index contributed by atoms with van der Waals surface area (Å²) in [5.74, 6) is 2.94. The minimum Gasteiger partial charge on any atom is -0.449 e. The average molecular weight is 646 g/mol. The highest BCUT2D eigenvalue weighted by Gasteiger charge is 2.40. The predicted molar refractivity (Wildman–Crippen MR) is 202 cm³/mol. The van der Waals surface area contributed by atoms with Crippen molar-refractivity contribution in [3.8, 4) is 78.9 Å². The maximum atomic E-state index is 7.03. The van der Waals surface area contributed by atoms with Crippen molar-refractivity contribution in [2.24, 2.45) is 0 Å². The Balaban J connectivity index is 1.14. The van der Waals surface area contributed by atoms with Gasteiger partial charge in [-0.05, 0) is 74.8 Å². The van der Waals surface area contributed by atoms with E-state index in [9.17, 15) is 0 Å². The van der Waals surface area contributed by atoms with Crippen molar-refractivity contribution >= 4 is 0 Å². The molecule has 0 unspecified atom stereocenters. The van der Waals surface area contributed by atoms with Gasteiger partial charge in [-0.2, -0.15) is 0 Å². The lowest BCUT2D eigenvalue weighted by Gasteiger charge is -2.26. The number of pyridine rings is 1. The second-order valence-electron chi connectivity index (χ2n) is 14.7. The zero-order valence-electron chi connectivity index (χ0n) is 28.5. The van der Waals surface area contributed by atoms with Crippen LogP contribution in [0.15, 0.2) is 140 Å². The fourth-order valence-electron chi connectivity index (χ4n) is 8.53. The molecule has 0 bridgehead atoms. The molecule has 0 radical (unpaired) electrons. The van der Waals surface area contributed by atoms with E-state index in [2.05, 4.69) is 149 Å². The van der Waals surface area contributed by atoms with Crippen molar-refractivity contribution < 1.29 is 9.47 Å². The molecule has 3 aliphatic rings. The zero-order valence-corrected chi connectivity index (χ0v) is 28.5. The van der Waals surface area contributed by atoms with Gasteiger partial charge in [0.15, 0.2) is 23.0 Å². The summed E-state index contributed by atoms with van der Waals surface area (Å²) >= 11 is 0. The van der Waals surface area contributed by atoms with Crippen molar-refractivity contribution in [2.75, 3.05) is 0 Å². The zero-order chi connectivity index (χ0) is 33.8. The molecule has 0 fully saturated rings. The van der Waals surface area contributed by atoms with Crippen molar-refractivity contribution in [3.63, 3.8) is 0 Å². The van der Waals surface area contributed by atoms with Crippen LogP contribution in [0.2, 0.25) is 0 Å². The number of hydrogen-bond donors (Lipinski definition) is 0. The van der Waals surface area contributed by atoms with E-state index in [0.717, 1.165) is 56.5 Å². The molecule has 0 amide bonds. The molecule has 0 atom stereocenters. The van der Waals surface area contributed by atoms with E-state index in [1.54, 1.807) is 0 Å². The van der Waals surface area contributed by atoms with Crippen LogP contribution in [0.25, 0.3) is 55.9 Å². The molecular formula is C47H35NO2. The number of nitrogens with zero attached hydrogens (tertiary/aromatic N) is 1. The van der Waals surface area contributed by atoms with E-state index in [1.807, 2.05) is 18.2 Å². The lowest BCUT2D eigenvalue weighted by Crippen LogP contribution is -2.15. The Labute approximate surface area is 292 Å². The Morgan fingerprint density at radius 1 is 0.400 bits per heavy atom. The molecule has 1 aromatic heterocycles. The summed E-state index contributed by atoms with van der Waals surface area (Å²) in [5, 5.41) is 0. The summed E-state index contributed by atoms with van der Waals surface area (Å²) in [5.41, 5.74) is 15.9. The fourth-order valence-corrected chi connectivity index (χ4v) is 8.53. The molecule has 2 heterocycles. The van der Waals surface area contributed by atoms with Gasteiger partial charge in [0.05, 0.1) is 11.4 Å². The fraction of sp³-hybridized carbons (Fsp3) is 0.128. The third-order valence-corrected chi connectivity index (χ3v) is 11.2. The molecule has 6 aromatic carbocycles. The molecule has 10 rings (SSSR count). The van der Waals surface area contributed by atoms with Crippen molar-refractivity contribution in [3.05, 3.63) is 162 Å². The summed E-state index contributed by atoms with van der Waals surface area (Å²) < 4.78 is 13.7. The van der Waals surface area contributed by atoms with E-state index in [1.165, 1.54) is 38.9 Å². The Hall–Kier alpha value is -5.93. The third kappa shape index (κ3) is 4.07. The van der Waals surface area contributed by atoms with Crippen molar-refractivity contribution in [1.29, 1.82) is 0 Å². The lowest BCUT2D eigenvalue weighted by atomic mass is 9.82. The minimum absolute atomic E-state index is 0.105. The van der Waals surface area contributed by atoms with Crippen LogP contribution in [0, 0.1) is 0 Å². The standard InChI is InChI=1S/C47H35NO2/c1-46(2)36-19-11-9-16-34(36)43-37(46)23-24-42-45(43)50-44-31(17-12-20-41(44)49-42)30-26-39(28-13-6-5-7-14-28)48-40(27-30)29-21-22-33-32-15-8-10-18-35(32)47(3,4)38(33)25-29/h5-27H,1-4H3. The van der Waals surface area contributed by atoms with Gasteiger partial charge >= 0.3 is 0 Å². The van der Waals surface area contributed by atoms with Gasteiger partial charge in [-0.15, -0.1) is 0 Å². The Morgan fingerprint density at radius 2 is 1.02 bits per heavy atom. The summed E-state index contributed by atoms with van der Waals surface area (Å²) in [6.45, 7) is 9.22. The highest BCUT2D eigenvalue weighted by molar-refractivity contribution is 5.90.